The zero-order valence-corrected chi connectivity index (χ0v) is 31.3. The Morgan fingerprint density at radius 3 is 2.46 bits per heavy atom. The Hall–Kier alpha value is -5.31. The highest BCUT2D eigenvalue weighted by Crippen LogP contribution is 2.50. The highest BCUT2D eigenvalue weighted by atomic mass is 16.5. The van der Waals surface area contributed by atoms with Crippen LogP contribution in [0.25, 0.3) is 11.0 Å². The molecule has 0 radical (unpaired) electrons. The number of fused-ring (bicyclic) bond motifs is 3. The van der Waals surface area contributed by atoms with Crippen molar-refractivity contribution in [2.75, 3.05) is 71.5 Å². The molecule has 1 aliphatic carbocycles. The molecule has 2 amide bonds. The summed E-state index contributed by atoms with van der Waals surface area (Å²) >= 11 is 0. The molecule has 1 aromatic carbocycles. The standard InChI is InChI=1S/C39H49N9O6/c1-27(49)54-25-35(50)41-14-6-15-47-16-10-29-21-33(52-2)34(53-3)22-32(29)39(47)11-8-28(9-12-39)38(51)46-19-17-45(18-20-46)36-31-23-44-48(37(31)43-26-42-36)24-30-7-4-5-13-40-30/h4-5,7,13,21-23,26,28H,6,8-12,14-20,24-25H2,1-3H3,(H,41,50). The van der Waals surface area contributed by atoms with Gasteiger partial charge >= 0.3 is 5.97 Å². The van der Waals surface area contributed by atoms with Gasteiger partial charge in [0, 0.05) is 70.4 Å². The minimum Gasteiger partial charge on any atom is -0.493 e. The number of nitrogens with zero attached hydrogens (tertiary/aromatic N) is 8. The van der Waals surface area contributed by atoms with E-state index in [1.165, 1.54) is 18.1 Å². The van der Waals surface area contributed by atoms with E-state index in [1.54, 1.807) is 26.7 Å². The number of ether oxygens (including phenoxy) is 3. The molecule has 1 saturated heterocycles. The van der Waals surface area contributed by atoms with Crippen molar-refractivity contribution in [2.45, 2.75) is 57.5 Å². The van der Waals surface area contributed by atoms with Gasteiger partial charge in [0.15, 0.2) is 23.8 Å². The van der Waals surface area contributed by atoms with Gasteiger partial charge in [0.1, 0.15) is 12.1 Å². The molecule has 2 fully saturated rings. The molecule has 15 nitrogen and oxygen atoms in total. The summed E-state index contributed by atoms with van der Waals surface area (Å²) in [5, 5.41) is 8.35. The van der Waals surface area contributed by atoms with E-state index in [1.807, 2.05) is 34.0 Å². The van der Waals surface area contributed by atoms with Crippen molar-refractivity contribution in [1.29, 1.82) is 0 Å². The van der Waals surface area contributed by atoms with Crippen molar-refractivity contribution < 1.29 is 28.6 Å². The van der Waals surface area contributed by atoms with Crippen molar-refractivity contribution >= 4 is 34.6 Å². The lowest BCUT2D eigenvalue weighted by Gasteiger charge is -2.52. The Morgan fingerprint density at radius 2 is 1.74 bits per heavy atom. The maximum atomic E-state index is 14.1. The maximum absolute atomic E-state index is 14.1. The Bertz CT molecular complexity index is 1950. The third-order valence-corrected chi connectivity index (χ3v) is 11.2. The van der Waals surface area contributed by atoms with E-state index < -0.39 is 5.97 Å². The van der Waals surface area contributed by atoms with Crippen LogP contribution in [-0.2, 0) is 37.6 Å². The predicted octanol–water partition coefficient (Wildman–Crippen LogP) is 2.95. The largest absolute Gasteiger partial charge is 0.493 e. The number of esters is 1. The van der Waals surface area contributed by atoms with Crippen LogP contribution in [0.4, 0.5) is 5.82 Å². The van der Waals surface area contributed by atoms with E-state index in [-0.39, 0.29) is 29.9 Å². The van der Waals surface area contributed by atoms with Crippen LogP contribution in [0.2, 0.25) is 0 Å². The van der Waals surface area contributed by atoms with Gasteiger partial charge in [-0.25, -0.2) is 14.6 Å². The maximum Gasteiger partial charge on any atom is 0.303 e. The summed E-state index contributed by atoms with van der Waals surface area (Å²) in [6.07, 6.45) is 10.0. The second-order valence-electron chi connectivity index (χ2n) is 14.3. The summed E-state index contributed by atoms with van der Waals surface area (Å²) in [5.41, 5.74) is 3.90. The van der Waals surface area contributed by atoms with Crippen molar-refractivity contribution in [1.82, 2.24) is 39.8 Å². The summed E-state index contributed by atoms with van der Waals surface area (Å²) < 4.78 is 18.1. The van der Waals surface area contributed by atoms with Crippen LogP contribution in [-0.4, -0.2) is 119 Å². The third kappa shape index (κ3) is 7.68. The molecule has 0 unspecified atom stereocenters. The van der Waals surface area contributed by atoms with Crippen LogP contribution >= 0.6 is 0 Å². The zero-order chi connectivity index (χ0) is 37.7. The van der Waals surface area contributed by atoms with Gasteiger partial charge in [0.25, 0.3) is 5.91 Å². The first kappa shape index (κ1) is 37.0. The second-order valence-corrected chi connectivity index (χ2v) is 14.3. The average Bonchev–Trinajstić information content (AvgIpc) is 3.62. The SMILES string of the molecule is COc1cc2c(cc1OC)C1(CCC(C(=O)N3CCN(c4ncnc5c4cnn5Cc4ccccn4)CC3)CC1)N(CCCNC(=O)COC(C)=O)CC2. The molecule has 286 valence electrons. The molecule has 4 aromatic rings. The molecule has 1 N–H and O–H groups in total. The number of hydrogen-bond donors (Lipinski definition) is 1. The molecule has 15 heteroatoms. The molecule has 0 atom stereocenters. The average molecular weight is 740 g/mol. The van der Waals surface area contributed by atoms with Gasteiger partial charge in [-0.15, -0.1) is 0 Å². The number of nitrogens with one attached hydrogen (secondary N) is 1. The monoisotopic (exact) mass is 739 g/mol. The number of piperazine rings is 1. The number of hydrogen-bond acceptors (Lipinski definition) is 12. The summed E-state index contributed by atoms with van der Waals surface area (Å²) in [4.78, 5) is 57.7. The van der Waals surface area contributed by atoms with Crippen molar-refractivity contribution in [2.24, 2.45) is 5.92 Å². The Kier molecular flexibility index (Phi) is 11.2. The van der Waals surface area contributed by atoms with Gasteiger partial charge in [0.05, 0.1) is 38.0 Å². The Morgan fingerprint density at radius 1 is 0.963 bits per heavy atom. The van der Waals surface area contributed by atoms with Gasteiger partial charge < -0.3 is 29.3 Å². The number of pyridine rings is 1. The lowest BCUT2D eigenvalue weighted by molar-refractivity contribution is -0.146. The lowest BCUT2D eigenvalue weighted by Crippen LogP contribution is -2.55. The number of carbonyl (C=O) groups is 3. The minimum absolute atomic E-state index is 0.0503. The smallest absolute Gasteiger partial charge is 0.303 e. The van der Waals surface area contributed by atoms with Gasteiger partial charge in [-0.3, -0.25) is 24.3 Å². The molecule has 0 bridgehead atoms. The summed E-state index contributed by atoms with van der Waals surface area (Å²) in [5.74, 6) is 1.65. The molecule has 7 rings (SSSR count). The summed E-state index contributed by atoms with van der Waals surface area (Å²) in [7, 11) is 3.32. The van der Waals surface area contributed by atoms with Crippen LogP contribution in [0.5, 0.6) is 11.5 Å². The first-order valence-electron chi connectivity index (χ1n) is 18.8. The summed E-state index contributed by atoms with van der Waals surface area (Å²) in [6, 6.07) is 10.1. The molecule has 1 spiro atoms. The molecular weight excluding hydrogens is 690 g/mol. The number of rotatable bonds is 12. The van der Waals surface area contributed by atoms with Gasteiger partial charge in [-0.1, -0.05) is 6.07 Å². The van der Waals surface area contributed by atoms with Crippen molar-refractivity contribution in [3.05, 3.63) is 65.9 Å². The van der Waals surface area contributed by atoms with Crippen LogP contribution in [0.1, 0.15) is 55.8 Å². The fourth-order valence-corrected chi connectivity index (χ4v) is 8.46. The lowest BCUT2D eigenvalue weighted by atomic mass is 9.68. The van der Waals surface area contributed by atoms with Gasteiger partial charge in [-0.05, 0) is 73.9 Å². The van der Waals surface area contributed by atoms with Crippen LogP contribution in [0.15, 0.2) is 49.1 Å². The number of anilines is 1. The number of benzene rings is 1. The topological polar surface area (TPSA) is 157 Å². The molecule has 3 aromatic heterocycles. The fourth-order valence-electron chi connectivity index (χ4n) is 8.46. The summed E-state index contributed by atoms with van der Waals surface area (Å²) in [6.45, 7) is 6.28. The van der Waals surface area contributed by atoms with Crippen molar-refractivity contribution in [3.8, 4) is 11.5 Å². The molecule has 5 heterocycles. The van der Waals surface area contributed by atoms with E-state index in [0.29, 0.717) is 45.0 Å². The number of aromatic nitrogens is 5. The van der Waals surface area contributed by atoms with E-state index in [4.69, 9.17) is 14.2 Å². The first-order chi connectivity index (χ1) is 26.3. The Balaban J connectivity index is 0.998. The number of methoxy groups -OCH3 is 2. The van der Waals surface area contributed by atoms with Crippen molar-refractivity contribution in [3.63, 3.8) is 0 Å². The normalized spacial score (nSPS) is 20.1. The number of carbonyl (C=O) groups excluding carboxylic acids is 3. The molecule has 2 aliphatic heterocycles. The quantitative estimate of drug-likeness (QED) is 0.168. The van der Waals surface area contributed by atoms with Crippen LogP contribution in [0.3, 0.4) is 0 Å². The van der Waals surface area contributed by atoms with Gasteiger partial charge in [0.2, 0.25) is 5.91 Å². The highest BCUT2D eigenvalue weighted by molar-refractivity contribution is 5.87. The van der Waals surface area contributed by atoms with E-state index >= 15 is 0 Å². The van der Waals surface area contributed by atoms with E-state index in [0.717, 1.165) is 79.9 Å². The van der Waals surface area contributed by atoms with E-state index in [2.05, 4.69) is 47.3 Å². The minimum atomic E-state index is -0.479. The molecular formula is C39H49N9O6. The third-order valence-electron chi connectivity index (χ3n) is 11.2. The van der Waals surface area contributed by atoms with Crippen LogP contribution < -0.4 is 19.7 Å². The fraction of sp³-hybridized carbons (Fsp3) is 0.513. The molecule has 54 heavy (non-hydrogen) atoms. The Labute approximate surface area is 315 Å². The zero-order valence-electron chi connectivity index (χ0n) is 31.3. The van der Waals surface area contributed by atoms with E-state index in [9.17, 15) is 14.4 Å². The second kappa shape index (κ2) is 16.4. The number of amides is 2. The highest BCUT2D eigenvalue weighted by Gasteiger charge is 2.47. The first-order valence-corrected chi connectivity index (χ1v) is 18.8. The van der Waals surface area contributed by atoms with Crippen LogP contribution in [0, 0.1) is 5.92 Å². The molecule has 1 saturated carbocycles. The molecule has 3 aliphatic rings. The predicted molar refractivity (Wildman–Crippen MR) is 200 cm³/mol. The van der Waals surface area contributed by atoms with Gasteiger partial charge in [-0.2, -0.15) is 5.10 Å².